The van der Waals surface area contributed by atoms with Crippen LogP contribution in [0.5, 0.6) is 0 Å². The number of hydrazine groups is 1. The van der Waals surface area contributed by atoms with Crippen LogP contribution in [0, 0.1) is 0 Å². The topological polar surface area (TPSA) is 257 Å². The number of hydrogen-bond acceptors (Lipinski definition) is 11. The summed E-state index contributed by atoms with van der Waals surface area (Å²) in [5.41, 5.74) is 7.21. The Kier molecular flexibility index (Phi) is 17.3. The maximum absolute atomic E-state index is 12.9. The molecule has 1 aliphatic rings. The molecule has 0 bridgehead atoms. The Bertz CT molecular complexity index is 1420. The molecule has 0 saturated carbocycles. The number of carbonyl (C=O) groups excluding carboxylic acids is 3. The molecule has 2 aromatic carbocycles. The molecule has 0 heterocycles. The van der Waals surface area contributed by atoms with Gasteiger partial charge in [0.05, 0.1) is 72.1 Å². The minimum atomic E-state index is -1.41. The fraction of sp³-hybridized carbons (Fsp3) is 0.471. The lowest BCUT2D eigenvalue weighted by Crippen LogP contribution is -2.59. The van der Waals surface area contributed by atoms with E-state index in [-0.39, 0.29) is 97.6 Å². The number of carbonyl (C=O) groups is 6. The summed E-state index contributed by atoms with van der Waals surface area (Å²) in [5, 5.41) is 31.9. The second-order valence-electron chi connectivity index (χ2n) is 11.6. The van der Waals surface area contributed by atoms with Crippen molar-refractivity contribution in [3.05, 3.63) is 59.7 Å². The number of nitrogens with one attached hydrogen (secondary N) is 4. The van der Waals surface area contributed by atoms with Gasteiger partial charge >= 0.3 is 30.0 Å². The highest BCUT2D eigenvalue weighted by molar-refractivity contribution is 5.80. The van der Waals surface area contributed by atoms with Gasteiger partial charge in [-0.1, -0.05) is 48.5 Å². The maximum atomic E-state index is 12.9. The van der Waals surface area contributed by atoms with E-state index >= 15 is 0 Å². The highest BCUT2D eigenvalue weighted by atomic mass is 16.6. The van der Waals surface area contributed by atoms with Gasteiger partial charge in [-0.15, -0.1) is 0 Å². The zero-order valence-electron chi connectivity index (χ0n) is 28.4. The number of benzene rings is 2. The highest BCUT2D eigenvalue weighted by Gasteiger charge is 2.34. The van der Waals surface area contributed by atoms with Gasteiger partial charge in [0.25, 0.3) is 0 Å². The van der Waals surface area contributed by atoms with Gasteiger partial charge in [0.15, 0.2) is 0 Å². The minimum Gasteiger partial charge on any atom is -0.481 e. The molecular weight excluding hydrogens is 688 g/mol. The molecular formula is C34H44N4O14. The summed E-state index contributed by atoms with van der Waals surface area (Å²) in [4.78, 5) is 69.9. The Morgan fingerprint density at radius 3 is 1.60 bits per heavy atom. The minimum absolute atomic E-state index is 0.00564. The number of carboxylic acid groups (broad SMARTS) is 3. The third-order valence-electron chi connectivity index (χ3n) is 7.55. The fourth-order valence-corrected chi connectivity index (χ4v) is 5.16. The van der Waals surface area contributed by atoms with E-state index in [0.29, 0.717) is 0 Å². The van der Waals surface area contributed by atoms with Crippen molar-refractivity contribution in [3.8, 4) is 11.1 Å². The molecule has 2 aromatic rings. The Morgan fingerprint density at radius 1 is 0.615 bits per heavy atom. The van der Waals surface area contributed by atoms with Crippen LogP contribution in [0.2, 0.25) is 0 Å². The molecule has 0 radical (unpaired) electrons. The van der Waals surface area contributed by atoms with Gasteiger partial charge in [-0.3, -0.25) is 19.2 Å². The van der Waals surface area contributed by atoms with E-state index in [2.05, 4.69) is 21.5 Å². The number of carboxylic acids is 3. The van der Waals surface area contributed by atoms with E-state index in [9.17, 15) is 28.8 Å². The van der Waals surface area contributed by atoms with E-state index in [1.807, 2.05) is 48.5 Å². The molecule has 0 fully saturated rings. The first-order valence-electron chi connectivity index (χ1n) is 16.4. The largest absolute Gasteiger partial charge is 0.481 e. The van der Waals surface area contributed by atoms with Gasteiger partial charge in [0.2, 0.25) is 5.91 Å². The van der Waals surface area contributed by atoms with Gasteiger partial charge < -0.3 is 49.6 Å². The van der Waals surface area contributed by atoms with Crippen LogP contribution in [0.25, 0.3) is 11.1 Å². The summed E-state index contributed by atoms with van der Waals surface area (Å²) in [5.74, 6) is -4.03. The molecule has 1 aliphatic carbocycles. The lowest BCUT2D eigenvalue weighted by molar-refractivity contribution is -0.140. The molecule has 18 nitrogen and oxygen atoms in total. The number of amides is 4. The number of urea groups is 1. The van der Waals surface area contributed by atoms with Gasteiger partial charge in [0.1, 0.15) is 12.1 Å². The average Bonchev–Trinajstić information content (AvgIpc) is 3.43. The molecule has 18 heteroatoms. The summed E-state index contributed by atoms with van der Waals surface area (Å²) < 4.78 is 27.1. The second-order valence-corrected chi connectivity index (χ2v) is 11.6. The smallest absolute Gasteiger partial charge is 0.426 e. The van der Waals surface area contributed by atoms with Crippen molar-refractivity contribution < 1.29 is 67.8 Å². The van der Waals surface area contributed by atoms with Crippen molar-refractivity contribution in [2.75, 3.05) is 66.0 Å². The third-order valence-corrected chi connectivity index (χ3v) is 7.55. The van der Waals surface area contributed by atoms with Crippen molar-refractivity contribution >= 4 is 35.9 Å². The van der Waals surface area contributed by atoms with Crippen LogP contribution in [0.1, 0.15) is 42.7 Å². The van der Waals surface area contributed by atoms with Crippen LogP contribution >= 0.6 is 0 Å². The van der Waals surface area contributed by atoms with Crippen LogP contribution in [-0.4, -0.2) is 123 Å². The SMILES string of the molecule is O=C(O)CCOCC(COCCC(=O)O)(COCCC(=O)O)NC(=O)CCOCCNC(=O)NNC(=O)OCC1c2ccccc2-c2ccccc21. The highest BCUT2D eigenvalue weighted by Crippen LogP contribution is 2.44. The zero-order valence-corrected chi connectivity index (χ0v) is 28.4. The lowest BCUT2D eigenvalue weighted by Gasteiger charge is -2.34. The molecule has 284 valence electrons. The lowest BCUT2D eigenvalue weighted by atomic mass is 9.98. The standard InChI is InChI=1S/C34H44N4O14/c39-28(36-34(20-49-15-10-29(40)41,21-50-16-11-30(42)43)22-51-17-12-31(44)45)9-14-48-18-13-35-32(46)37-38-33(47)52-19-27-25-7-3-1-5-23(25)24-6-2-4-8-26(24)27/h1-8,27H,9-22H2,(H,36,39)(H,38,47)(H,40,41)(H,42,43)(H,44,45)(H2,35,37,46). The van der Waals surface area contributed by atoms with Crippen LogP contribution in [-0.2, 0) is 42.9 Å². The first kappa shape index (κ1) is 41.1. The molecule has 0 aromatic heterocycles. The summed E-state index contributed by atoms with van der Waals surface area (Å²) in [6.45, 7) is -1.45. The zero-order chi connectivity index (χ0) is 37.8. The molecule has 3 rings (SSSR count). The molecule has 7 N–H and O–H groups in total. The molecule has 0 unspecified atom stereocenters. The molecule has 0 saturated heterocycles. The molecule has 4 amide bonds. The number of ether oxygens (including phenoxy) is 5. The normalized spacial score (nSPS) is 11.9. The van der Waals surface area contributed by atoms with E-state index < -0.39 is 41.5 Å². The second kappa shape index (κ2) is 21.8. The quantitative estimate of drug-likeness (QED) is 0.0596. The van der Waals surface area contributed by atoms with Gasteiger partial charge in [0, 0.05) is 18.9 Å². The predicted molar refractivity (Wildman–Crippen MR) is 180 cm³/mol. The van der Waals surface area contributed by atoms with Crippen molar-refractivity contribution in [2.24, 2.45) is 0 Å². The Morgan fingerprint density at radius 2 is 1.10 bits per heavy atom. The Hall–Kier alpha value is -5.30. The summed E-state index contributed by atoms with van der Waals surface area (Å²) in [7, 11) is 0. The number of aliphatic carboxylic acids is 3. The molecule has 0 spiro atoms. The number of fused-ring (bicyclic) bond motifs is 3. The number of hydrogen-bond donors (Lipinski definition) is 7. The molecule has 52 heavy (non-hydrogen) atoms. The number of rotatable bonds is 24. The fourth-order valence-electron chi connectivity index (χ4n) is 5.16. The summed E-state index contributed by atoms with van der Waals surface area (Å²) in [6.07, 6.45) is -1.99. The van der Waals surface area contributed by atoms with Crippen molar-refractivity contribution in [1.82, 2.24) is 21.5 Å². The van der Waals surface area contributed by atoms with Gasteiger partial charge in [-0.2, -0.15) is 0 Å². The van der Waals surface area contributed by atoms with E-state index in [1.54, 1.807) is 0 Å². The predicted octanol–water partition coefficient (Wildman–Crippen LogP) is 1.47. The van der Waals surface area contributed by atoms with E-state index in [4.69, 9.17) is 39.0 Å². The van der Waals surface area contributed by atoms with Crippen molar-refractivity contribution in [3.63, 3.8) is 0 Å². The van der Waals surface area contributed by atoms with Crippen LogP contribution in [0.4, 0.5) is 9.59 Å². The Balaban J connectivity index is 1.37. The molecule has 0 atom stereocenters. The first-order chi connectivity index (χ1) is 25.0. The maximum Gasteiger partial charge on any atom is 0.426 e. The first-order valence-corrected chi connectivity index (χ1v) is 16.4. The average molecular weight is 733 g/mol. The van der Waals surface area contributed by atoms with Crippen molar-refractivity contribution in [1.29, 1.82) is 0 Å². The van der Waals surface area contributed by atoms with Crippen LogP contribution in [0.15, 0.2) is 48.5 Å². The van der Waals surface area contributed by atoms with Crippen LogP contribution in [0.3, 0.4) is 0 Å². The van der Waals surface area contributed by atoms with Gasteiger partial charge in [-0.05, 0) is 22.3 Å². The van der Waals surface area contributed by atoms with Crippen LogP contribution < -0.4 is 21.5 Å². The summed E-state index contributed by atoms with van der Waals surface area (Å²) >= 11 is 0. The van der Waals surface area contributed by atoms with Gasteiger partial charge in [-0.25, -0.2) is 20.4 Å². The Labute approximate surface area is 299 Å². The molecule has 0 aliphatic heterocycles. The van der Waals surface area contributed by atoms with E-state index in [0.717, 1.165) is 22.3 Å². The monoisotopic (exact) mass is 732 g/mol. The third kappa shape index (κ3) is 14.5. The van der Waals surface area contributed by atoms with E-state index in [1.165, 1.54) is 0 Å². The van der Waals surface area contributed by atoms with Crippen molar-refractivity contribution in [2.45, 2.75) is 37.1 Å². The summed E-state index contributed by atoms with van der Waals surface area (Å²) in [6, 6.07) is 15.0.